The molecule has 1 unspecified atom stereocenters. The first-order valence-electron chi connectivity index (χ1n) is 10.3. The van der Waals surface area contributed by atoms with Crippen molar-refractivity contribution in [2.45, 2.75) is 25.1 Å². The maximum absolute atomic E-state index is 13.1. The van der Waals surface area contributed by atoms with E-state index < -0.39 is 5.25 Å². The predicted molar refractivity (Wildman–Crippen MR) is 136 cm³/mol. The normalized spacial score (nSPS) is 17.3. The Kier molecular flexibility index (Phi) is 7.38. The van der Waals surface area contributed by atoms with Gasteiger partial charge >= 0.3 is 0 Å². The Morgan fingerprint density at radius 1 is 1.06 bits per heavy atom. The number of aliphatic imine (C=N–C) groups is 1. The fraction of sp³-hybridized carbons (Fsp3) is 0.160. The molecule has 0 spiro atoms. The van der Waals surface area contributed by atoms with Crippen LogP contribution in [0.25, 0.3) is 0 Å². The first kappa shape index (κ1) is 23.4. The number of amidine groups is 1. The Hall–Kier alpha value is -2.80. The first-order valence-corrected chi connectivity index (χ1v) is 11.9. The van der Waals surface area contributed by atoms with Crippen molar-refractivity contribution in [2.75, 3.05) is 5.32 Å². The largest absolute Gasteiger partial charge is 0.325 e. The summed E-state index contributed by atoms with van der Waals surface area (Å²) in [7, 11) is 0. The van der Waals surface area contributed by atoms with E-state index in [2.05, 4.69) is 10.3 Å². The monoisotopic (exact) mass is 497 g/mol. The summed E-state index contributed by atoms with van der Waals surface area (Å²) in [5, 5.41) is 4.01. The van der Waals surface area contributed by atoms with Gasteiger partial charge in [-0.15, -0.1) is 0 Å². The summed E-state index contributed by atoms with van der Waals surface area (Å²) in [5.74, 6) is -0.394. The minimum Gasteiger partial charge on any atom is -0.325 e. The average molecular weight is 498 g/mol. The second kappa shape index (κ2) is 10.4. The highest BCUT2D eigenvalue weighted by Crippen LogP contribution is 2.31. The predicted octanol–water partition coefficient (Wildman–Crippen LogP) is 6.46. The highest BCUT2D eigenvalue weighted by atomic mass is 35.5. The molecule has 1 atom stereocenters. The van der Waals surface area contributed by atoms with Gasteiger partial charge in [-0.1, -0.05) is 59.2 Å². The number of amides is 2. The van der Waals surface area contributed by atoms with Crippen molar-refractivity contribution < 1.29 is 9.59 Å². The molecule has 5 nitrogen and oxygen atoms in total. The second-order valence-corrected chi connectivity index (χ2v) is 9.69. The molecule has 3 aromatic rings. The molecule has 0 saturated carbocycles. The van der Waals surface area contributed by atoms with Crippen molar-refractivity contribution in [1.82, 2.24) is 4.90 Å². The quantitative estimate of drug-likeness (QED) is 0.439. The molecule has 33 heavy (non-hydrogen) atoms. The molecule has 4 rings (SSSR count). The van der Waals surface area contributed by atoms with E-state index >= 15 is 0 Å². The van der Waals surface area contributed by atoms with Crippen LogP contribution in [0.5, 0.6) is 0 Å². The van der Waals surface area contributed by atoms with Gasteiger partial charge in [-0.25, -0.2) is 4.99 Å². The third-order valence-corrected chi connectivity index (χ3v) is 6.71. The third kappa shape index (κ3) is 6.16. The number of aryl methyl sites for hydroxylation is 1. The SMILES string of the molecule is Cc1cccc(NC(=O)C2CC(=O)N(Cc3ccc(Cl)cc3)C(=Nc3ccc(Cl)cc3)S2)c1. The van der Waals surface area contributed by atoms with Crippen LogP contribution in [-0.4, -0.2) is 27.1 Å². The van der Waals surface area contributed by atoms with Crippen LogP contribution in [0, 0.1) is 6.92 Å². The molecular formula is C25H21Cl2N3O2S. The van der Waals surface area contributed by atoms with Crippen LogP contribution in [0.1, 0.15) is 17.5 Å². The Bertz CT molecular complexity index is 1200. The van der Waals surface area contributed by atoms with Gasteiger partial charge in [0.05, 0.1) is 12.2 Å². The van der Waals surface area contributed by atoms with Gasteiger partial charge in [0.1, 0.15) is 5.25 Å². The molecule has 1 fully saturated rings. The van der Waals surface area contributed by atoms with Crippen molar-refractivity contribution in [3.8, 4) is 0 Å². The summed E-state index contributed by atoms with van der Waals surface area (Å²) < 4.78 is 0. The van der Waals surface area contributed by atoms with E-state index in [1.165, 1.54) is 11.8 Å². The number of hydrogen-bond donors (Lipinski definition) is 1. The summed E-state index contributed by atoms with van der Waals surface area (Å²) in [6.45, 7) is 2.29. The molecule has 0 bridgehead atoms. The number of anilines is 1. The summed E-state index contributed by atoms with van der Waals surface area (Å²) in [6, 6.07) is 21.9. The number of rotatable bonds is 5. The Balaban J connectivity index is 1.59. The number of nitrogens with zero attached hydrogens (tertiary/aromatic N) is 2. The number of benzene rings is 3. The lowest BCUT2D eigenvalue weighted by Gasteiger charge is -2.32. The zero-order valence-electron chi connectivity index (χ0n) is 17.8. The molecule has 1 saturated heterocycles. The van der Waals surface area contributed by atoms with Gasteiger partial charge in [-0.05, 0) is 66.6 Å². The van der Waals surface area contributed by atoms with E-state index in [0.717, 1.165) is 11.1 Å². The van der Waals surface area contributed by atoms with Crippen molar-refractivity contribution in [1.29, 1.82) is 0 Å². The maximum Gasteiger partial charge on any atom is 0.238 e. The summed E-state index contributed by atoms with van der Waals surface area (Å²) in [6.07, 6.45) is 0.0789. The summed E-state index contributed by atoms with van der Waals surface area (Å²) in [4.78, 5) is 32.4. The fourth-order valence-corrected chi connectivity index (χ4v) is 4.69. The topological polar surface area (TPSA) is 61.8 Å². The van der Waals surface area contributed by atoms with Gasteiger partial charge in [0.2, 0.25) is 11.8 Å². The van der Waals surface area contributed by atoms with Gasteiger partial charge in [-0.2, -0.15) is 0 Å². The fourth-order valence-electron chi connectivity index (χ4n) is 3.34. The van der Waals surface area contributed by atoms with E-state index in [4.69, 9.17) is 23.2 Å². The molecular weight excluding hydrogens is 477 g/mol. The number of hydrogen-bond acceptors (Lipinski definition) is 4. The van der Waals surface area contributed by atoms with Gasteiger partial charge in [0, 0.05) is 22.2 Å². The van der Waals surface area contributed by atoms with E-state index in [1.54, 1.807) is 41.3 Å². The van der Waals surface area contributed by atoms with Crippen LogP contribution in [0.4, 0.5) is 11.4 Å². The molecule has 8 heteroatoms. The van der Waals surface area contributed by atoms with E-state index in [1.807, 2.05) is 43.3 Å². The van der Waals surface area contributed by atoms with Crippen molar-refractivity contribution in [3.63, 3.8) is 0 Å². The lowest BCUT2D eigenvalue weighted by atomic mass is 10.2. The molecule has 0 aliphatic carbocycles. The van der Waals surface area contributed by atoms with Crippen LogP contribution in [0.15, 0.2) is 77.8 Å². The summed E-state index contributed by atoms with van der Waals surface area (Å²) >= 11 is 13.3. The molecule has 0 aromatic heterocycles. The zero-order valence-corrected chi connectivity index (χ0v) is 20.1. The number of thioether (sulfide) groups is 1. The zero-order chi connectivity index (χ0) is 23.4. The Morgan fingerprint density at radius 3 is 2.39 bits per heavy atom. The van der Waals surface area contributed by atoms with Crippen molar-refractivity contribution in [3.05, 3.63) is 94.0 Å². The lowest BCUT2D eigenvalue weighted by molar-refractivity contribution is -0.129. The Morgan fingerprint density at radius 2 is 1.73 bits per heavy atom. The molecule has 1 N–H and O–H groups in total. The molecule has 0 radical (unpaired) electrons. The summed E-state index contributed by atoms with van der Waals surface area (Å²) in [5.41, 5.74) is 3.31. The van der Waals surface area contributed by atoms with Gasteiger partial charge in [-0.3, -0.25) is 14.5 Å². The maximum atomic E-state index is 13.1. The molecule has 1 aliphatic rings. The second-order valence-electron chi connectivity index (χ2n) is 7.65. The minimum atomic E-state index is -0.592. The number of nitrogens with one attached hydrogen (secondary N) is 1. The molecule has 2 amide bonds. The Labute approximate surface area is 206 Å². The number of carbonyl (C=O) groups is 2. The van der Waals surface area contributed by atoms with Crippen LogP contribution >= 0.6 is 35.0 Å². The highest BCUT2D eigenvalue weighted by Gasteiger charge is 2.36. The lowest BCUT2D eigenvalue weighted by Crippen LogP contribution is -2.44. The molecule has 1 aliphatic heterocycles. The van der Waals surface area contributed by atoms with Crippen molar-refractivity contribution in [2.24, 2.45) is 4.99 Å². The first-order chi connectivity index (χ1) is 15.9. The van der Waals surface area contributed by atoms with E-state index in [0.29, 0.717) is 33.1 Å². The van der Waals surface area contributed by atoms with Crippen LogP contribution in [0.2, 0.25) is 10.0 Å². The smallest absolute Gasteiger partial charge is 0.238 e. The van der Waals surface area contributed by atoms with Gasteiger partial charge in [0.15, 0.2) is 5.17 Å². The number of carbonyl (C=O) groups excluding carboxylic acids is 2. The molecule has 1 heterocycles. The van der Waals surface area contributed by atoms with Crippen LogP contribution in [-0.2, 0) is 16.1 Å². The van der Waals surface area contributed by atoms with Gasteiger partial charge < -0.3 is 5.32 Å². The average Bonchev–Trinajstić information content (AvgIpc) is 2.78. The van der Waals surface area contributed by atoms with Crippen LogP contribution < -0.4 is 5.32 Å². The van der Waals surface area contributed by atoms with E-state index in [9.17, 15) is 9.59 Å². The highest BCUT2D eigenvalue weighted by molar-refractivity contribution is 8.15. The molecule has 168 valence electrons. The minimum absolute atomic E-state index is 0.0789. The van der Waals surface area contributed by atoms with Crippen molar-refractivity contribution >= 4 is 63.3 Å². The van der Waals surface area contributed by atoms with Crippen LogP contribution in [0.3, 0.4) is 0 Å². The number of halogens is 2. The standard InChI is InChI=1S/C25H21Cl2N3O2S/c1-16-3-2-4-21(13-16)28-24(32)22-14-23(31)30(15-17-5-7-18(26)8-6-17)25(33-22)29-20-11-9-19(27)10-12-20/h2-13,22H,14-15H2,1H3,(H,28,32). The molecule has 3 aromatic carbocycles. The van der Waals surface area contributed by atoms with Gasteiger partial charge in [0.25, 0.3) is 0 Å². The van der Waals surface area contributed by atoms with E-state index in [-0.39, 0.29) is 18.2 Å². The third-order valence-electron chi connectivity index (χ3n) is 5.02.